The van der Waals surface area contributed by atoms with Crippen molar-refractivity contribution in [3.05, 3.63) is 42.2 Å². The fourth-order valence-corrected chi connectivity index (χ4v) is 2.65. The molecule has 1 amide bonds. The summed E-state index contributed by atoms with van der Waals surface area (Å²) in [5, 5.41) is 4.18. The molecule has 2 N–H and O–H groups in total. The Morgan fingerprint density at radius 1 is 1.25 bits per heavy atom. The lowest BCUT2D eigenvalue weighted by Gasteiger charge is -2.23. The van der Waals surface area contributed by atoms with Crippen LogP contribution in [0, 0.1) is 0 Å². The second kappa shape index (κ2) is 5.36. The number of aromatic nitrogens is 2. The Hall–Kier alpha value is -2.30. The largest absolute Gasteiger partial charge is 0.399 e. The SMILES string of the molecule is Nc1ccc2c(c1)CCCC(=O)N2CCn1cccn1. The monoisotopic (exact) mass is 270 g/mol. The number of hydrogen-bond acceptors (Lipinski definition) is 3. The molecule has 2 heterocycles. The molecule has 0 unspecified atom stereocenters. The zero-order valence-electron chi connectivity index (χ0n) is 11.3. The first kappa shape index (κ1) is 12.7. The van der Waals surface area contributed by atoms with Gasteiger partial charge in [-0.15, -0.1) is 0 Å². The van der Waals surface area contributed by atoms with Gasteiger partial charge in [0.25, 0.3) is 0 Å². The fourth-order valence-electron chi connectivity index (χ4n) is 2.65. The average molecular weight is 270 g/mol. The number of rotatable bonds is 3. The summed E-state index contributed by atoms with van der Waals surface area (Å²) in [6.45, 7) is 1.33. The lowest BCUT2D eigenvalue weighted by Crippen LogP contribution is -2.33. The van der Waals surface area contributed by atoms with Crippen LogP contribution in [0.1, 0.15) is 18.4 Å². The van der Waals surface area contributed by atoms with Crippen LogP contribution in [0.4, 0.5) is 11.4 Å². The number of fused-ring (bicyclic) bond motifs is 1. The van der Waals surface area contributed by atoms with Gasteiger partial charge in [0.15, 0.2) is 0 Å². The number of anilines is 2. The van der Waals surface area contributed by atoms with Crippen LogP contribution in [0.3, 0.4) is 0 Å². The molecule has 2 aromatic rings. The Morgan fingerprint density at radius 3 is 2.95 bits per heavy atom. The van der Waals surface area contributed by atoms with Crippen LogP contribution in [0.25, 0.3) is 0 Å². The van der Waals surface area contributed by atoms with E-state index in [0.29, 0.717) is 19.5 Å². The number of carbonyl (C=O) groups excluding carboxylic acids is 1. The maximum atomic E-state index is 12.3. The highest BCUT2D eigenvalue weighted by Crippen LogP contribution is 2.28. The van der Waals surface area contributed by atoms with Crippen molar-refractivity contribution in [3.8, 4) is 0 Å². The normalized spacial score (nSPS) is 15.0. The number of benzene rings is 1. The molecular weight excluding hydrogens is 252 g/mol. The van der Waals surface area contributed by atoms with Gasteiger partial charge in [-0.3, -0.25) is 9.48 Å². The van der Waals surface area contributed by atoms with Gasteiger partial charge in [-0.1, -0.05) is 0 Å². The highest BCUT2D eigenvalue weighted by Gasteiger charge is 2.21. The zero-order chi connectivity index (χ0) is 13.9. The Kier molecular flexibility index (Phi) is 3.41. The van der Waals surface area contributed by atoms with Crippen LogP contribution >= 0.6 is 0 Å². The molecule has 1 aromatic carbocycles. The van der Waals surface area contributed by atoms with E-state index in [1.54, 1.807) is 6.20 Å². The quantitative estimate of drug-likeness (QED) is 0.865. The highest BCUT2D eigenvalue weighted by atomic mass is 16.2. The number of nitrogen functional groups attached to an aromatic ring is 1. The molecule has 0 aliphatic carbocycles. The van der Waals surface area contributed by atoms with Gasteiger partial charge in [0.1, 0.15) is 0 Å². The summed E-state index contributed by atoms with van der Waals surface area (Å²) >= 11 is 0. The molecule has 0 atom stereocenters. The minimum atomic E-state index is 0.181. The van der Waals surface area contributed by atoms with Crippen LogP contribution in [0.2, 0.25) is 0 Å². The van der Waals surface area contributed by atoms with E-state index in [9.17, 15) is 4.79 Å². The first-order valence-electron chi connectivity index (χ1n) is 6.90. The van der Waals surface area contributed by atoms with E-state index in [-0.39, 0.29) is 5.91 Å². The fraction of sp³-hybridized carbons (Fsp3) is 0.333. The molecule has 1 aromatic heterocycles. The summed E-state index contributed by atoms with van der Waals surface area (Å²) in [6.07, 6.45) is 6.04. The molecular formula is C15H18N4O. The van der Waals surface area contributed by atoms with Crippen LogP contribution < -0.4 is 10.6 Å². The first-order chi connectivity index (χ1) is 9.74. The lowest BCUT2D eigenvalue weighted by atomic mass is 10.1. The second-order valence-corrected chi connectivity index (χ2v) is 5.06. The van der Waals surface area contributed by atoms with E-state index in [1.807, 2.05) is 40.0 Å². The molecule has 0 bridgehead atoms. The van der Waals surface area contributed by atoms with E-state index in [1.165, 1.54) is 0 Å². The van der Waals surface area contributed by atoms with Crippen LogP contribution in [0.5, 0.6) is 0 Å². The third-order valence-electron chi connectivity index (χ3n) is 3.64. The van der Waals surface area contributed by atoms with Crippen LogP contribution in [-0.4, -0.2) is 22.2 Å². The number of carbonyl (C=O) groups is 1. The molecule has 0 spiro atoms. The highest BCUT2D eigenvalue weighted by molar-refractivity contribution is 5.95. The number of nitrogens with zero attached hydrogens (tertiary/aromatic N) is 3. The van der Waals surface area contributed by atoms with Crippen molar-refractivity contribution < 1.29 is 4.79 Å². The molecule has 5 nitrogen and oxygen atoms in total. The minimum absolute atomic E-state index is 0.181. The summed E-state index contributed by atoms with van der Waals surface area (Å²) in [4.78, 5) is 14.2. The predicted octanol–water partition coefficient (Wildman–Crippen LogP) is 1.83. The molecule has 0 radical (unpaired) electrons. The van der Waals surface area contributed by atoms with Gasteiger partial charge in [0.2, 0.25) is 5.91 Å². The Balaban J connectivity index is 1.85. The lowest BCUT2D eigenvalue weighted by molar-refractivity contribution is -0.118. The predicted molar refractivity (Wildman–Crippen MR) is 78.4 cm³/mol. The molecule has 0 saturated carbocycles. The van der Waals surface area contributed by atoms with Crippen molar-refractivity contribution in [1.29, 1.82) is 0 Å². The third kappa shape index (κ3) is 2.52. The second-order valence-electron chi connectivity index (χ2n) is 5.06. The number of nitrogens with two attached hydrogens (primary N) is 1. The summed E-state index contributed by atoms with van der Waals surface area (Å²) in [6, 6.07) is 7.68. The molecule has 0 saturated heterocycles. The smallest absolute Gasteiger partial charge is 0.227 e. The number of hydrogen-bond donors (Lipinski definition) is 1. The third-order valence-corrected chi connectivity index (χ3v) is 3.64. The summed E-state index contributed by atoms with van der Waals surface area (Å²) < 4.78 is 1.84. The Labute approximate surface area is 118 Å². The molecule has 5 heteroatoms. The van der Waals surface area contributed by atoms with E-state index >= 15 is 0 Å². The standard InChI is InChI=1S/C15H18N4O/c16-13-5-6-14-12(11-13)3-1-4-15(20)19(14)10-9-18-8-2-7-17-18/h2,5-8,11H,1,3-4,9-10,16H2. The van der Waals surface area contributed by atoms with Crippen LogP contribution in [-0.2, 0) is 17.8 Å². The van der Waals surface area contributed by atoms with Crippen LogP contribution in [0.15, 0.2) is 36.7 Å². The van der Waals surface area contributed by atoms with Crippen molar-refractivity contribution in [3.63, 3.8) is 0 Å². The zero-order valence-corrected chi connectivity index (χ0v) is 11.3. The van der Waals surface area contributed by atoms with E-state index in [2.05, 4.69) is 5.10 Å². The van der Waals surface area contributed by atoms with Gasteiger partial charge in [-0.2, -0.15) is 5.10 Å². The maximum absolute atomic E-state index is 12.3. The molecule has 20 heavy (non-hydrogen) atoms. The molecule has 3 rings (SSSR count). The van der Waals surface area contributed by atoms with Crippen molar-refractivity contribution in [2.24, 2.45) is 0 Å². The first-order valence-corrected chi connectivity index (χ1v) is 6.90. The number of amides is 1. The van der Waals surface area contributed by atoms with E-state index < -0.39 is 0 Å². The van der Waals surface area contributed by atoms with E-state index in [4.69, 9.17) is 5.73 Å². The van der Waals surface area contributed by atoms with Gasteiger partial charge < -0.3 is 10.6 Å². The van der Waals surface area contributed by atoms with Crippen molar-refractivity contribution >= 4 is 17.3 Å². The van der Waals surface area contributed by atoms with Gasteiger partial charge in [0.05, 0.1) is 6.54 Å². The maximum Gasteiger partial charge on any atom is 0.227 e. The van der Waals surface area contributed by atoms with Gasteiger partial charge in [-0.25, -0.2) is 0 Å². The molecule has 104 valence electrons. The Morgan fingerprint density at radius 2 is 2.15 bits per heavy atom. The molecule has 1 aliphatic heterocycles. The van der Waals surface area contributed by atoms with Crippen molar-refractivity contribution in [2.75, 3.05) is 17.2 Å². The van der Waals surface area contributed by atoms with Gasteiger partial charge >= 0.3 is 0 Å². The minimum Gasteiger partial charge on any atom is -0.399 e. The van der Waals surface area contributed by atoms with E-state index in [0.717, 1.165) is 29.8 Å². The summed E-state index contributed by atoms with van der Waals surface area (Å²) in [5.74, 6) is 0.181. The van der Waals surface area contributed by atoms with Gasteiger partial charge in [-0.05, 0) is 42.7 Å². The Bertz CT molecular complexity index is 606. The van der Waals surface area contributed by atoms with Gasteiger partial charge in [0, 0.05) is 36.7 Å². The summed E-state index contributed by atoms with van der Waals surface area (Å²) in [5.41, 5.74) is 8.76. The average Bonchev–Trinajstić information content (AvgIpc) is 2.89. The number of aryl methyl sites for hydroxylation is 1. The van der Waals surface area contributed by atoms with Crippen molar-refractivity contribution in [1.82, 2.24) is 9.78 Å². The molecule has 0 fully saturated rings. The topological polar surface area (TPSA) is 64.2 Å². The molecule has 1 aliphatic rings. The summed E-state index contributed by atoms with van der Waals surface area (Å²) in [7, 11) is 0. The van der Waals surface area contributed by atoms with Crippen molar-refractivity contribution in [2.45, 2.75) is 25.8 Å².